The highest BCUT2D eigenvalue weighted by Gasteiger charge is 2.53. The Hall–Kier alpha value is -2.44. The minimum atomic E-state index is -1.21. The van der Waals surface area contributed by atoms with E-state index >= 15 is 0 Å². The molecule has 1 fully saturated rings. The predicted molar refractivity (Wildman–Crippen MR) is 117 cm³/mol. The SMILES string of the molecule is CC(C)NC(=O)OCc1cncc([C@@](O)(c2ccc(C(C)C)cc2)C2(C)CNC2)c1. The van der Waals surface area contributed by atoms with Gasteiger partial charge in [0.1, 0.15) is 12.2 Å². The quantitative estimate of drug-likeness (QED) is 0.647. The van der Waals surface area contributed by atoms with Crippen molar-refractivity contribution >= 4 is 6.09 Å². The number of ether oxygens (including phenoxy) is 1. The Bertz CT molecular complexity index is 876. The van der Waals surface area contributed by atoms with Crippen LogP contribution >= 0.6 is 0 Å². The molecule has 2 aromatic rings. The Kier molecular flexibility index (Phi) is 6.48. The maximum Gasteiger partial charge on any atom is 0.407 e. The van der Waals surface area contributed by atoms with Gasteiger partial charge in [-0.1, -0.05) is 45.0 Å². The third-order valence-electron chi connectivity index (χ3n) is 5.89. The van der Waals surface area contributed by atoms with Gasteiger partial charge in [0, 0.05) is 48.1 Å². The molecule has 30 heavy (non-hydrogen) atoms. The number of hydrogen-bond acceptors (Lipinski definition) is 5. The molecule has 1 aromatic carbocycles. The number of aliphatic hydroxyl groups is 1. The molecule has 3 rings (SSSR count). The molecular weight excluding hydrogens is 378 g/mol. The summed E-state index contributed by atoms with van der Waals surface area (Å²) in [6.07, 6.45) is 2.90. The van der Waals surface area contributed by atoms with Crippen molar-refractivity contribution in [1.29, 1.82) is 0 Å². The summed E-state index contributed by atoms with van der Waals surface area (Å²) in [4.78, 5) is 16.2. The number of pyridine rings is 1. The Morgan fingerprint density at radius 3 is 2.40 bits per heavy atom. The molecule has 1 aromatic heterocycles. The molecule has 1 aliphatic rings. The van der Waals surface area contributed by atoms with Gasteiger partial charge in [-0.05, 0) is 37.0 Å². The van der Waals surface area contributed by atoms with Crippen molar-refractivity contribution in [3.05, 3.63) is 65.0 Å². The molecule has 3 N–H and O–H groups in total. The molecule has 6 nitrogen and oxygen atoms in total. The molecule has 1 aliphatic heterocycles. The van der Waals surface area contributed by atoms with Gasteiger partial charge in [-0.2, -0.15) is 0 Å². The van der Waals surface area contributed by atoms with Crippen LogP contribution in [-0.2, 0) is 16.9 Å². The van der Waals surface area contributed by atoms with Crippen molar-refractivity contribution in [1.82, 2.24) is 15.6 Å². The molecule has 2 heterocycles. The number of nitrogens with one attached hydrogen (secondary N) is 2. The van der Waals surface area contributed by atoms with E-state index in [0.29, 0.717) is 24.6 Å². The molecule has 0 saturated carbocycles. The molecular formula is C24H33N3O3. The number of nitrogens with zero attached hydrogens (tertiary/aromatic N) is 1. The van der Waals surface area contributed by atoms with E-state index in [1.807, 2.05) is 32.0 Å². The van der Waals surface area contributed by atoms with E-state index in [1.54, 1.807) is 12.4 Å². The number of rotatable bonds is 7. The van der Waals surface area contributed by atoms with Gasteiger partial charge in [0.15, 0.2) is 0 Å². The van der Waals surface area contributed by atoms with Crippen LogP contribution in [-0.4, -0.2) is 35.3 Å². The molecule has 1 saturated heterocycles. The summed E-state index contributed by atoms with van der Waals surface area (Å²) in [6, 6.07) is 10.1. The van der Waals surface area contributed by atoms with Crippen LogP contribution in [0.2, 0.25) is 0 Å². The zero-order chi connectivity index (χ0) is 21.9. The van der Waals surface area contributed by atoms with Crippen LogP contribution in [0.4, 0.5) is 4.79 Å². The summed E-state index contributed by atoms with van der Waals surface area (Å²) >= 11 is 0. The van der Waals surface area contributed by atoms with E-state index in [4.69, 9.17) is 4.74 Å². The molecule has 0 bridgehead atoms. The summed E-state index contributed by atoms with van der Waals surface area (Å²) < 4.78 is 5.30. The van der Waals surface area contributed by atoms with Crippen LogP contribution in [0.3, 0.4) is 0 Å². The average Bonchev–Trinajstić information content (AvgIpc) is 2.69. The van der Waals surface area contributed by atoms with Crippen molar-refractivity contribution < 1.29 is 14.6 Å². The maximum atomic E-state index is 12.1. The van der Waals surface area contributed by atoms with Gasteiger partial charge < -0.3 is 20.5 Å². The standard InChI is InChI=1S/C24H33N3O3/c1-16(2)19-6-8-20(9-7-19)24(29,23(5)14-26-15-23)21-10-18(11-25-12-21)13-30-22(28)27-17(3)4/h6-12,16-17,26,29H,13-15H2,1-5H3,(H,27,28)/t24-/m0/s1. The van der Waals surface area contributed by atoms with Gasteiger partial charge in [-0.3, -0.25) is 4.98 Å². The first-order chi connectivity index (χ1) is 14.2. The molecule has 6 heteroatoms. The van der Waals surface area contributed by atoms with Crippen molar-refractivity contribution in [2.75, 3.05) is 13.1 Å². The molecule has 0 unspecified atom stereocenters. The zero-order valence-corrected chi connectivity index (χ0v) is 18.5. The van der Waals surface area contributed by atoms with E-state index in [2.05, 4.69) is 48.5 Å². The van der Waals surface area contributed by atoms with E-state index in [-0.39, 0.29) is 18.1 Å². The number of hydrogen-bond donors (Lipinski definition) is 3. The average molecular weight is 412 g/mol. The van der Waals surface area contributed by atoms with Gasteiger partial charge in [-0.15, -0.1) is 0 Å². The Labute approximate surface area is 179 Å². The van der Waals surface area contributed by atoms with Gasteiger partial charge in [0.2, 0.25) is 0 Å². The minimum absolute atomic E-state index is 0.00641. The van der Waals surface area contributed by atoms with E-state index in [1.165, 1.54) is 5.56 Å². The Balaban J connectivity index is 1.92. The molecule has 0 radical (unpaired) electrons. The number of benzene rings is 1. The van der Waals surface area contributed by atoms with Gasteiger partial charge >= 0.3 is 6.09 Å². The number of alkyl carbamates (subject to hydrolysis) is 1. The van der Waals surface area contributed by atoms with Crippen molar-refractivity contribution in [2.24, 2.45) is 5.41 Å². The summed E-state index contributed by atoms with van der Waals surface area (Å²) in [5.74, 6) is 0.423. The van der Waals surface area contributed by atoms with Crippen molar-refractivity contribution in [2.45, 2.75) is 58.8 Å². The van der Waals surface area contributed by atoms with Crippen molar-refractivity contribution in [3.8, 4) is 0 Å². The molecule has 162 valence electrons. The normalized spacial score (nSPS) is 17.3. The molecule has 1 atom stereocenters. The lowest BCUT2D eigenvalue weighted by Crippen LogP contribution is -2.63. The second kappa shape index (κ2) is 8.74. The van der Waals surface area contributed by atoms with E-state index in [9.17, 15) is 9.90 Å². The number of amides is 1. The second-order valence-electron chi connectivity index (χ2n) is 9.11. The Morgan fingerprint density at radius 2 is 1.87 bits per heavy atom. The van der Waals surface area contributed by atoms with E-state index in [0.717, 1.165) is 11.1 Å². The van der Waals surface area contributed by atoms with Crippen LogP contribution in [0.5, 0.6) is 0 Å². The first-order valence-electron chi connectivity index (χ1n) is 10.6. The molecule has 0 spiro atoms. The molecule has 1 amide bonds. The Morgan fingerprint density at radius 1 is 1.20 bits per heavy atom. The van der Waals surface area contributed by atoms with Gasteiger partial charge in [-0.25, -0.2) is 4.79 Å². The lowest BCUT2D eigenvalue weighted by molar-refractivity contribution is -0.0770. The highest BCUT2D eigenvalue weighted by atomic mass is 16.5. The highest BCUT2D eigenvalue weighted by Crippen LogP contribution is 2.47. The van der Waals surface area contributed by atoms with Crippen LogP contribution in [0, 0.1) is 5.41 Å². The highest BCUT2D eigenvalue weighted by molar-refractivity contribution is 5.67. The summed E-state index contributed by atoms with van der Waals surface area (Å²) in [5, 5.41) is 18.1. The summed E-state index contributed by atoms with van der Waals surface area (Å²) in [6.45, 7) is 11.6. The summed E-state index contributed by atoms with van der Waals surface area (Å²) in [5.41, 5.74) is 1.93. The second-order valence-corrected chi connectivity index (χ2v) is 9.11. The predicted octanol–water partition coefficient (Wildman–Crippen LogP) is 3.69. The number of aromatic nitrogens is 1. The smallest absolute Gasteiger partial charge is 0.407 e. The van der Waals surface area contributed by atoms with Crippen LogP contribution in [0.15, 0.2) is 42.7 Å². The third-order valence-corrected chi connectivity index (χ3v) is 5.89. The van der Waals surface area contributed by atoms with Gasteiger partial charge in [0.25, 0.3) is 0 Å². The summed E-state index contributed by atoms with van der Waals surface area (Å²) in [7, 11) is 0. The minimum Gasteiger partial charge on any atom is -0.445 e. The van der Waals surface area contributed by atoms with Crippen LogP contribution in [0.1, 0.15) is 62.8 Å². The number of carbonyl (C=O) groups is 1. The lowest BCUT2D eigenvalue weighted by Gasteiger charge is -2.52. The lowest BCUT2D eigenvalue weighted by atomic mass is 9.63. The van der Waals surface area contributed by atoms with E-state index < -0.39 is 11.7 Å². The fraction of sp³-hybridized carbons (Fsp3) is 0.500. The van der Waals surface area contributed by atoms with Crippen LogP contribution < -0.4 is 10.6 Å². The van der Waals surface area contributed by atoms with Gasteiger partial charge in [0.05, 0.1) is 0 Å². The molecule has 0 aliphatic carbocycles. The van der Waals surface area contributed by atoms with Crippen LogP contribution in [0.25, 0.3) is 0 Å². The first kappa shape index (κ1) is 22.2. The monoisotopic (exact) mass is 411 g/mol. The third kappa shape index (κ3) is 4.35. The fourth-order valence-corrected chi connectivity index (χ4v) is 3.92. The van der Waals surface area contributed by atoms with Crippen molar-refractivity contribution in [3.63, 3.8) is 0 Å². The zero-order valence-electron chi connectivity index (χ0n) is 18.5. The topological polar surface area (TPSA) is 83.5 Å². The fourth-order valence-electron chi connectivity index (χ4n) is 3.92. The number of carbonyl (C=O) groups excluding carboxylic acids is 1. The first-order valence-corrected chi connectivity index (χ1v) is 10.6. The largest absolute Gasteiger partial charge is 0.445 e. The maximum absolute atomic E-state index is 12.1.